The summed E-state index contributed by atoms with van der Waals surface area (Å²) in [6.07, 6.45) is 0.601. The molecule has 2 atom stereocenters. The van der Waals surface area contributed by atoms with Gasteiger partial charge in [-0.15, -0.1) is 0 Å². The van der Waals surface area contributed by atoms with Gasteiger partial charge in [-0.25, -0.2) is 0 Å². The fraction of sp³-hybridized carbons (Fsp3) is 0.625. The second kappa shape index (κ2) is 7.50. The third-order valence-electron chi connectivity index (χ3n) is 3.31. The molecule has 0 saturated carbocycles. The highest BCUT2D eigenvalue weighted by atomic mass is 16.5. The Morgan fingerprint density at radius 2 is 1.70 bits per heavy atom. The van der Waals surface area contributed by atoms with Crippen LogP contribution in [0.25, 0.3) is 0 Å². The summed E-state index contributed by atoms with van der Waals surface area (Å²) in [6, 6.07) is 7.83. The molecule has 0 radical (unpaired) electrons. The molecule has 4 heteroatoms. The van der Waals surface area contributed by atoms with Gasteiger partial charge in [0.05, 0.1) is 18.8 Å². The Morgan fingerprint density at radius 3 is 2.30 bits per heavy atom. The smallest absolute Gasteiger partial charge is 0.161 e. The summed E-state index contributed by atoms with van der Waals surface area (Å²) >= 11 is 0. The molecule has 1 aromatic rings. The van der Waals surface area contributed by atoms with E-state index in [0.717, 1.165) is 31.1 Å². The number of morpholine rings is 1. The second-order valence-corrected chi connectivity index (χ2v) is 5.25. The lowest BCUT2D eigenvalue weighted by Crippen LogP contribution is -2.46. The average molecular weight is 279 g/mol. The van der Waals surface area contributed by atoms with E-state index < -0.39 is 0 Å². The van der Waals surface area contributed by atoms with Gasteiger partial charge in [0.1, 0.15) is 6.61 Å². The first kappa shape index (κ1) is 15.1. The van der Waals surface area contributed by atoms with Crippen LogP contribution in [0, 0.1) is 0 Å². The largest absolute Gasteiger partial charge is 0.490 e. The molecule has 0 N–H and O–H groups in total. The first-order valence-corrected chi connectivity index (χ1v) is 7.41. The van der Waals surface area contributed by atoms with Crippen LogP contribution in [0.15, 0.2) is 24.3 Å². The molecular weight excluding hydrogens is 254 g/mol. The predicted octanol–water partition coefficient (Wildman–Crippen LogP) is 2.57. The Balaban J connectivity index is 1.81. The maximum absolute atomic E-state index is 5.86. The van der Waals surface area contributed by atoms with Crippen molar-refractivity contribution in [2.75, 3.05) is 32.8 Å². The van der Waals surface area contributed by atoms with Gasteiger partial charge in [0.2, 0.25) is 0 Å². The minimum absolute atomic E-state index is 0.300. The van der Waals surface area contributed by atoms with E-state index in [1.54, 1.807) is 0 Å². The third-order valence-corrected chi connectivity index (χ3v) is 3.31. The molecule has 0 unspecified atom stereocenters. The Hall–Kier alpha value is -1.26. The number of ether oxygens (including phenoxy) is 3. The molecule has 112 valence electrons. The number of benzene rings is 1. The van der Waals surface area contributed by atoms with Gasteiger partial charge in [-0.2, -0.15) is 0 Å². The first-order chi connectivity index (χ1) is 9.69. The lowest BCUT2D eigenvalue weighted by Gasteiger charge is -2.35. The summed E-state index contributed by atoms with van der Waals surface area (Å²) in [6.45, 7) is 10.4. The van der Waals surface area contributed by atoms with E-state index >= 15 is 0 Å². The van der Waals surface area contributed by atoms with Crippen LogP contribution in [0.4, 0.5) is 0 Å². The minimum Gasteiger partial charge on any atom is -0.490 e. The van der Waals surface area contributed by atoms with E-state index in [4.69, 9.17) is 14.2 Å². The van der Waals surface area contributed by atoms with E-state index in [-0.39, 0.29) is 0 Å². The van der Waals surface area contributed by atoms with Crippen molar-refractivity contribution in [1.29, 1.82) is 0 Å². The Labute approximate surface area is 121 Å². The molecule has 2 rings (SSSR count). The van der Waals surface area contributed by atoms with Crippen molar-refractivity contribution in [3.05, 3.63) is 24.3 Å². The lowest BCUT2D eigenvalue weighted by molar-refractivity contribution is -0.0699. The first-order valence-electron chi connectivity index (χ1n) is 7.41. The average Bonchev–Trinajstić information content (AvgIpc) is 2.40. The van der Waals surface area contributed by atoms with Gasteiger partial charge >= 0.3 is 0 Å². The zero-order chi connectivity index (χ0) is 14.4. The molecule has 0 amide bonds. The van der Waals surface area contributed by atoms with E-state index in [1.807, 2.05) is 31.2 Å². The number of rotatable bonds is 6. The van der Waals surface area contributed by atoms with Crippen LogP contribution in [-0.2, 0) is 4.74 Å². The summed E-state index contributed by atoms with van der Waals surface area (Å²) in [5.74, 6) is 1.64. The molecule has 20 heavy (non-hydrogen) atoms. The number of nitrogens with zero attached hydrogens (tertiary/aromatic N) is 1. The summed E-state index contributed by atoms with van der Waals surface area (Å²) in [4.78, 5) is 2.39. The van der Waals surface area contributed by atoms with Crippen LogP contribution < -0.4 is 9.47 Å². The van der Waals surface area contributed by atoms with Crippen molar-refractivity contribution in [2.24, 2.45) is 0 Å². The molecule has 0 aliphatic carbocycles. The standard InChI is InChI=1S/C16H25NO3/c1-4-18-15-7-5-6-8-16(15)19-10-9-17-11-13(2)20-14(3)12-17/h5-8,13-14H,4,9-12H2,1-3H3/t13-,14-/m1/s1. The molecule has 1 aromatic carbocycles. The molecule has 1 saturated heterocycles. The topological polar surface area (TPSA) is 30.9 Å². The molecule has 1 heterocycles. The zero-order valence-corrected chi connectivity index (χ0v) is 12.7. The predicted molar refractivity (Wildman–Crippen MR) is 79.6 cm³/mol. The Bertz CT molecular complexity index is 400. The summed E-state index contributed by atoms with van der Waals surface area (Å²) in [5, 5.41) is 0. The van der Waals surface area contributed by atoms with Gasteiger partial charge in [-0.3, -0.25) is 4.90 Å². The van der Waals surface area contributed by atoms with Crippen LogP contribution in [0.1, 0.15) is 20.8 Å². The van der Waals surface area contributed by atoms with Crippen LogP contribution in [0.5, 0.6) is 11.5 Å². The number of para-hydroxylation sites is 2. The fourth-order valence-corrected chi connectivity index (χ4v) is 2.60. The van der Waals surface area contributed by atoms with Gasteiger partial charge in [0.25, 0.3) is 0 Å². The monoisotopic (exact) mass is 279 g/mol. The minimum atomic E-state index is 0.300. The van der Waals surface area contributed by atoms with Gasteiger partial charge in [0, 0.05) is 19.6 Å². The van der Waals surface area contributed by atoms with Crippen LogP contribution in [-0.4, -0.2) is 50.0 Å². The van der Waals surface area contributed by atoms with E-state index in [1.165, 1.54) is 0 Å². The van der Waals surface area contributed by atoms with Crippen molar-refractivity contribution in [3.8, 4) is 11.5 Å². The highest BCUT2D eigenvalue weighted by molar-refractivity contribution is 5.39. The molecule has 1 fully saturated rings. The molecule has 0 aromatic heterocycles. The Kier molecular flexibility index (Phi) is 5.68. The molecule has 1 aliphatic rings. The molecule has 1 aliphatic heterocycles. The molecule has 0 spiro atoms. The fourth-order valence-electron chi connectivity index (χ4n) is 2.60. The van der Waals surface area contributed by atoms with Crippen molar-refractivity contribution in [1.82, 2.24) is 4.90 Å². The highest BCUT2D eigenvalue weighted by Gasteiger charge is 2.21. The van der Waals surface area contributed by atoms with Gasteiger partial charge < -0.3 is 14.2 Å². The van der Waals surface area contributed by atoms with Gasteiger partial charge in [-0.05, 0) is 32.9 Å². The van der Waals surface area contributed by atoms with Crippen molar-refractivity contribution in [2.45, 2.75) is 33.0 Å². The van der Waals surface area contributed by atoms with Gasteiger partial charge in [0.15, 0.2) is 11.5 Å². The SMILES string of the molecule is CCOc1ccccc1OCCN1C[C@@H](C)O[C@H](C)C1. The summed E-state index contributed by atoms with van der Waals surface area (Å²) in [5.41, 5.74) is 0. The molecule has 4 nitrogen and oxygen atoms in total. The van der Waals surface area contributed by atoms with Crippen LogP contribution in [0.2, 0.25) is 0 Å². The maximum atomic E-state index is 5.86. The molecular formula is C16H25NO3. The van der Waals surface area contributed by atoms with Crippen molar-refractivity contribution < 1.29 is 14.2 Å². The quantitative estimate of drug-likeness (QED) is 0.801. The normalized spacial score (nSPS) is 23.6. The van der Waals surface area contributed by atoms with Crippen molar-refractivity contribution >= 4 is 0 Å². The lowest BCUT2D eigenvalue weighted by atomic mass is 10.2. The number of hydrogen-bond donors (Lipinski definition) is 0. The summed E-state index contributed by atoms with van der Waals surface area (Å²) < 4.78 is 17.1. The third kappa shape index (κ3) is 4.39. The maximum Gasteiger partial charge on any atom is 0.161 e. The zero-order valence-electron chi connectivity index (χ0n) is 12.7. The second-order valence-electron chi connectivity index (χ2n) is 5.25. The Morgan fingerprint density at radius 1 is 1.10 bits per heavy atom. The van der Waals surface area contributed by atoms with Gasteiger partial charge in [-0.1, -0.05) is 12.1 Å². The van der Waals surface area contributed by atoms with E-state index in [9.17, 15) is 0 Å². The van der Waals surface area contributed by atoms with E-state index in [2.05, 4.69) is 18.7 Å². The number of hydrogen-bond acceptors (Lipinski definition) is 4. The van der Waals surface area contributed by atoms with E-state index in [0.29, 0.717) is 25.4 Å². The molecule has 0 bridgehead atoms. The van der Waals surface area contributed by atoms with Crippen LogP contribution in [0.3, 0.4) is 0 Å². The van der Waals surface area contributed by atoms with Crippen molar-refractivity contribution in [3.63, 3.8) is 0 Å². The highest BCUT2D eigenvalue weighted by Crippen LogP contribution is 2.26. The summed E-state index contributed by atoms with van der Waals surface area (Å²) in [7, 11) is 0. The van der Waals surface area contributed by atoms with Crippen LogP contribution >= 0.6 is 0 Å².